The summed E-state index contributed by atoms with van der Waals surface area (Å²) in [5.41, 5.74) is 9.11. The number of hydrogen-bond acceptors (Lipinski definition) is 0. The average molecular weight is 521 g/mol. The van der Waals surface area contributed by atoms with E-state index in [9.17, 15) is 0 Å². The van der Waals surface area contributed by atoms with Crippen LogP contribution in [0.3, 0.4) is 0 Å². The van der Waals surface area contributed by atoms with Crippen molar-refractivity contribution >= 4 is 36.6 Å². The van der Waals surface area contributed by atoms with Crippen molar-refractivity contribution in [3.63, 3.8) is 0 Å². The molecule has 0 radical (unpaired) electrons. The fraction of sp³-hybridized carbons (Fsp3) is 0.226. The van der Waals surface area contributed by atoms with Gasteiger partial charge in [-0.05, 0) is 0 Å². The molecule has 32 heavy (non-hydrogen) atoms. The minimum atomic E-state index is -3.10. The van der Waals surface area contributed by atoms with Gasteiger partial charge in [-0.3, -0.25) is 0 Å². The number of benzene rings is 3. The van der Waals surface area contributed by atoms with E-state index in [1.54, 1.807) is 16.7 Å². The summed E-state index contributed by atoms with van der Waals surface area (Å²) in [5.74, 6) is 0. The van der Waals surface area contributed by atoms with Gasteiger partial charge in [0.05, 0.1) is 0 Å². The van der Waals surface area contributed by atoms with E-state index in [1.807, 2.05) is 0 Å². The molecule has 0 saturated heterocycles. The third kappa shape index (κ3) is 3.03. The Kier molecular flexibility index (Phi) is 5.22. The summed E-state index contributed by atoms with van der Waals surface area (Å²) in [4.78, 5) is 0. The van der Waals surface area contributed by atoms with Gasteiger partial charge in [0.15, 0.2) is 0 Å². The van der Waals surface area contributed by atoms with Crippen LogP contribution < -0.4 is 0 Å². The molecule has 158 valence electrons. The van der Waals surface area contributed by atoms with Gasteiger partial charge in [-0.25, -0.2) is 0 Å². The van der Waals surface area contributed by atoms with Crippen LogP contribution in [0, 0.1) is 0 Å². The van der Waals surface area contributed by atoms with Crippen molar-refractivity contribution in [1.29, 1.82) is 0 Å². The van der Waals surface area contributed by atoms with Crippen molar-refractivity contribution in [2.75, 3.05) is 0 Å². The third-order valence-electron chi connectivity index (χ3n) is 8.10. The van der Waals surface area contributed by atoms with E-state index in [1.165, 1.54) is 34.0 Å². The molecule has 3 aromatic rings. The molecular weight excluding hydrogens is 491 g/mol. The fourth-order valence-corrected chi connectivity index (χ4v) is 26.5. The maximum absolute atomic E-state index is 3.10. The summed E-state index contributed by atoms with van der Waals surface area (Å²) in [7, 11) is 0. The molecule has 0 bridgehead atoms. The molecule has 3 aromatic carbocycles. The Labute approximate surface area is 196 Å². The number of allylic oxidation sites excluding steroid dienone is 3. The van der Waals surface area contributed by atoms with E-state index in [-0.39, 0.29) is 0 Å². The van der Waals surface area contributed by atoms with Gasteiger partial charge >= 0.3 is 197 Å². The zero-order valence-corrected chi connectivity index (χ0v) is 21.6. The van der Waals surface area contributed by atoms with Gasteiger partial charge in [0.2, 0.25) is 0 Å². The summed E-state index contributed by atoms with van der Waals surface area (Å²) in [6, 6.07) is 27.6. The predicted molar refractivity (Wildman–Crippen MR) is 140 cm³/mol. The SMILES string of the molecule is CCC[CH2][Sn]([CH]1C=Cc2ccccc21)([CH]1C=Cc2ccccc21)[CH]1C=Cc2ccccc21. The Bertz CT molecular complexity index is 1100. The van der Waals surface area contributed by atoms with Gasteiger partial charge in [-0.15, -0.1) is 0 Å². The summed E-state index contributed by atoms with van der Waals surface area (Å²) in [6.45, 7) is 2.37. The Hall–Kier alpha value is -2.32. The van der Waals surface area contributed by atoms with Gasteiger partial charge in [0.1, 0.15) is 0 Å². The van der Waals surface area contributed by atoms with Crippen molar-refractivity contribution in [3.05, 3.63) is 124 Å². The number of hydrogen-bond donors (Lipinski definition) is 0. The molecule has 3 aliphatic rings. The third-order valence-corrected chi connectivity index (χ3v) is 25.8. The summed E-state index contributed by atoms with van der Waals surface area (Å²) in [6.07, 6.45) is 17.7. The Morgan fingerprint density at radius 1 is 0.562 bits per heavy atom. The van der Waals surface area contributed by atoms with Crippen LogP contribution in [0.4, 0.5) is 0 Å². The first-order valence-corrected chi connectivity index (χ1v) is 19.1. The van der Waals surface area contributed by atoms with Crippen LogP contribution in [0.15, 0.2) is 91.0 Å². The molecular formula is C31H30Sn. The molecule has 1 heteroatoms. The molecule has 0 heterocycles. The van der Waals surface area contributed by atoms with Crippen LogP contribution in [-0.4, -0.2) is 18.4 Å². The first-order chi connectivity index (χ1) is 15.8. The van der Waals surface area contributed by atoms with E-state index in [0.29, 0.717) is 11.8 Å². The maximum atomic E-state index is 2.61. The van der Waals surface area contributed by atoms with Gasteiger partial charge in [0.25, 0.3) is 0 Å². The molecule has 3 unspecified atom stereocenters. The van der Waals surface area contributed by atoms with Crippen molar-refractivity contribution in [2.45, 2.75) is 36.0 Å². The van der Waals surface area contributed by atoms with Crippen molar-refractivity contribution in [2.24, 2.45) is 0 Å². The molecule has 0 spiro atoms. The van der Waals surface area contributed by atoms with Crippen LogP contribution in [0.25, 0.3) is 18.2 Å². The van der Waals surface area contributed by atoms with Crippen LogP contribution in [-0.2, 0) is 0 Å². The molecule has 3 atom stereocenters. The summed E-state index contributed by atoms with van der Waals surface area (Å²) in [5, 5.41) is 0. The monoisotopic (exact) mass is 522 g/mol. The van der Waals surface area contributed by atoms with Crippen LogP contribution in [0.5, 0.6) is 0 Å². The van der Waals surface area contributed by atoms with Crippen LogP contribution in [0.1, 0.15) is 64.9 Å². The molecule has 0 nitrogen and oxygen atoms in total. The van der Waals surface area contributed by atoms with Crippen molar-refractivity contribution in [3.8, 4) is 0 Å². The van der Waals surface area contributed by atoms with Crippen LogP contribution >= 0.6 is 0 Å². The Balaban J connectivity index is 1.60. The summed E-state index contributed by atoms with van der Waals surface area (Å²) < 4.78 is 3.23. The first-order valence-electron chi connectivity index (χ1n) is 12.1. The number of unbranched alkanes of at least 4 members (excludes halogenated alkanes) is 1. The molecule has 3 aliphatic carbocycles. The van der Waals surface area contributed by atoms with Gasteiger partial charge in [-0.1, -0.05) is 0 Å². The predicted octanol–water partition coefficient (Wildman–Crippen LogP) is 8.28. The molecule has 0 saturated carbocycles. The van der Waals surface area contributed by atoms with Gasteiger partial charge in [0, 0.05) is 0 Å². The van der Waals surface area contributed by atoms with E-state index >= 15 is 0 Å². The first kappa shape index (κ1) is 20.3. The second-order valence-corrected chi connectivity index (χ2v) is 22.7. The van der Waals surface area contributed by atoms with E-state index in [2.05, 4.69) is 116 Å². The average Bonchev–Trinajstić information content (AvgIpc) is 3.58. The molecule has 0 fully saturated rings. The molecule has 6 rings (SSSR count). The second-order valence-electron chi connectivity index (χ2n) is 9.61. The van der Waals surface area contributed by atoms with Gasteiger partial charge < -0.3 is 0 Å². The standard InChI is InChI=1S/3C9H7.C4H9.Sn/c3*1-2-5-9-7-3-6-8(9)4-1;1-3-4-2;/h3*1-7H;1,3-4H2,2H3;. The van der Waals surface area contributed by atoms with E-state index < -0.39 is 18.4 Å². The van der Waals surface area contributed by atoms with E-state index in [0.717, 1.165) is 0 Å². The number of rotatable bonds is 6. The topological polar surface area (TPSA) is 0 Å². The molecule has 0 N–H and O–H groups in total. The second kappa shape index (κ2) is 8.23. The molecule has 0 aliphatic heterocycles. The Morgan fingerprint density at radius 3 is 1.31 bits per heavy atom. The molecule has 0 amide bonds. The Morgan fingerprint density at radius 2 is 0.938 bits per heavy atom. The van der Waals surface area contributed by atoms with Crippen LogP contribution in [0.2, 0.25) is 4.44 Å². The normalized spacial score (nSPS) is 23.7. The number of fused-ring (bicyclic) bond motifs is 3. The minimum absolute atomic E-state index is 0.605. The van der Waals surface area contributed by atoms with Gasteiger partial charge in [-0.2, -0.15) is 0 Å². The quantitative estimate of drug-likeness (QED) is 0.287. The van der Waals surface area contributed by atoms with Crippen molar-refractivity contribution < 1.29 is 0 Å². The summed E-state index contributed by atoms with van der Waals surface area (Å²) >= 11 is -3.10. The fourth-order valence-electron chi connectivity index (χ4n) is 6.68. The van der Waals surface area contributed by atoms with E-state index in [4.69, 9.17) is 0 Å². The van der Waals surface area contributed by atoms with Crippen molar-refractivity contribution in [1.82, 2.24) is 0 Å². The zero-order chi connectivity index (χ0) is 21.5. The zero-order valence-electron chi connectivity index (χ0n) is 18.7. The molecule has 0 aromatic heterocycles.